The van der Waals surface area contributed by atoms with Crippen LogP contribution < -0.4 is 15.2 Å². The highest BCUT2D eigenvalue weighted by Crippen LogP contribution is 2.47. The van der Waals surface area contributed by atoms with Gasteiger partial charge in [0.05, 0.1) is 20.1 Å². The lowest BCUT2D eigenvalue weighted by molar-refractivity contribution is -0.145. The molecule has 4 N–H and O–H groups in total. The van der Waals surface area contributed by atoms with Gasteiger partial charge in [-0.3, -0.25) is 9.59 Å². The summed E-state index contributed by atoms with van der Waals surface area (Å²) < 4.78 is 10.4. The number of nitrogens with two attached hydrogens (primary N) is 1. The monoisotopic (exact) mass is 323 g/mol. The third kappa shape index (κ3) is 3.56. The van der Waals surface area contributed by atoms with Crippen molar-refractivity contribution in [1.29, 1.82) is 0 Å². The van der Waals surface area contributed by atoms with Crippen LogP contribution in [0.25, 0.3) is 0 Å². The average molecular weight is 323 g/mol. The quantitative estimate of drug-likeness (QED) is 0.656. The van der Waals surface area contributed by atoms with Gasteiger partial charge in [-0.25, -0.2) is 0 Å². The van der Waals surface area contributed by atoms with E-state index in [-0.39, 0.29) is 6.42 Å². The number of hydrogen-bond donors (Lipinski definition) is 3. The minimum absolute atomic E-state index is 0.146. The maximum absolute atomic E-state index is 11.6. The molecule has 0 spiro atoms. The second-order valence-electron chi connectivity index (χ2n) is 5.85. The van der Waals surface area contributed by atoms with Gasteiger partial charge in [0.2, 0.25) is 0 Å². The lowest BCUT2D eigenvalue weighted by Crippen LogP contribution is -2.51. The van der Waals surface area contributed by atoms with Gasteiger partial charge in [-0.15, -0.1) is 0 Å². The molecule has 1 aromatic rings. The van der Waals surface area contributed by atoms with Crippen molar-refractivity contribution in [2.24, 2.45) is 17.6 Å². The van der Waals surface area contributed by atoms with Gasteiger partial charge in [0.15, 0.2) is 0 Å². The van der Waals surface area contributed by atoms with E-state index in [2.05, 4.69) is 0 Å². The first-order chi connectivity index (χ1) is 10.8. The number of benzene rings is 1. The van der Waals surface area contributed by atoms with Gasteiger partial charge in [-0.2, -0.15) is 0 Å². The molecule has 1 fully saturated rings. The lowest BCUT2D eigenvalue weighted by atomic mass is 9.86. The highest BCUT2D eigenvalue weighted by Gasteiger charge is 2.57. The Hall–Kier alpha value is -2.28. The molecular formula is C16H21NO6. The molecular weight excluding hydrogens is 302 g/mol. The molecule has 0 amide bonds. The molecule has 0 aliphatic heterocycles. The van der Waals surface area contributed by atoms with Crippen LogP contribution in [0.2, 0.25) is 0 Å². The largest absolute Gasteiger partial charge is 0.497 e. The number of carboxylic acid groups (broad SMARTS) is 2. The number of ether oxygens (including phenoxy) is 2. The standard InChI is InChI=1S/C16H21NO6/c1-22-10-5-9(6-11(7-10)23-2)3-4-16(17,15(20)21)13-8-12(13)14(18)19/h5-7,12-13H,3-4,8,17H2,1-2H3,(H,18,19)(H,20,21)/t12-,13?,16+/m0/s1. The Morgan fingerprint density at radius 3 is 2.17 bits per heavy atom. The second kappa shape index (κ2) is 6.45. The maximum atomic E-state index is 11.6. The van der Waals surface area contributed by atoms with E-state index in [0.29, 0.717) is 24.3 Å². The van der Waals surface area contributed by atoms with Crippen LogP contribution in [0, 0.1) is 11.8 Å². The Morgan fingerprint density at radius 2 is 1.78 bits per heavy atom. The summed E-state index contributed by atoms with van der Waals surface area (Å²) in [5, 5.41) is 18.5. The van der Waals surface area contributed by atoms with Crippen molar-refractivity contribution >= 4 is 11.9 Å². The summed E-state index contributed by atoms with van der Waals surface area (Å²) in [6, 6.07) is 5.29. The van der Waals surface area contributed by atoms with E-state index in [1.807, 2.05) is 0 Å². The molecule has 1 unspecified atom stereocenters. The van der Waals surface area contributed by atoms with E-state index in [1.54, 1.807) is 18.2 Å². The molecule has 0 bridgehead atoms. The van der Waals surface area contributed by atoms with Crippen molar-refractivity contribution in [2.45, 2.75) is 24.8 Å². The summed E-state index contributed by atoms with van der Waals surface area (Å²) in [5.41, 5.74) is 5.32. The van der Waals surface area contributed by atoms with Crippen LogP contribution in [-0.2, 0) is 16.0 Å². The van der Waals surface area contributed by atoms with Crippen LogP contribution >= 0.6 is 0 Å². The number of rotatable bonds is 8. The summed E-state index contributed by atoms with van der Waals surface area (Å²) in [6.07, 6.45) is 0.839. The molecule has 23 heavy (non-hydrogen) atoms. The van der Waals surface area contributed by atoms with E-state index in [9.17, 15) is 14.7 Å². The first-order valence-electron chi connectivity index (χ1n) is 7.29. The molecule has 1 aromatic carbocycles. The molecule has 0 radical (unpaired) electrons. The van der Waals surface area contributed by atoms with E-state index < -0.39 is 29.3 Å². The Kier molecular flexibility index (Phi) is 4.79. The van der Waals surface area contributed by atoms with Gasteiger partial charge in [0, 0.05) is 12.0 Å². The number of hydrogen-bond acceptors (Lipinski definition) is 5. The number of methoxy groups -OCH3 is 2. The molecule has 1 saturated carbocycles. The summed E-state index contributed by atoms with van der Waals surface area (Å²) in [4.78, 5) is 22.6. The van der Waals surface area contributed by atoms with Crippen molar-refractivity contribution in [1.82, 2.24) is 0 Å². The van der Waals surface area contributed by atoms with Crippen LogP contribution in [0.4, 0.5) is 0 Å². The van der Waals surface area contributed by atoms with Crippen molar-refractivity contribution < 1.29 is 29.3 Å². The highest BCUT2D eigenvalue weighted by molar-refractivity contribution is 5.83. The zero-order valence-electron chi connectivity index (χ0n) is 13.1. The third-order valence-corrected chi connectivity index (χ3v) is 4.41. The molecule has 0 heterocycles. The van der Waals surface area contributed by atoms with Crippen LogP contribution in [0.15, 0.2) is 18.2 Å². The SMILES string of the molecule is COc1cc(CC[C@](N)(C(=O)O)C2C[C@@H]2C(=O)O)cc(OC)c1. The topological polar surface area (TPSA) is 119 Å². The fourth-order valence-electron chi connectivity index (χ4n) is 2.85. The van der Waals surface area contributed by atoms with Crippen LogP contribution in [0.3, 0.4) is 0 Å². The molecule has 0 aromatic heterocycles. The summed E-state index contributed by atoms with van der Waals surface area (Å²) >= 11 is 0. The first-order valence-corrected chi connectivity index (χ1v) is 7.29. The Bertz CT molecular complexity index is 594. The Labute approximate surface area is 134 Å². The summed E-state index contributed by atoms with van der Waals surface area (Å²) in [6.45, 7) is 0. The predicted molar refractivity (Wildman–Crippen MR) is 81.7 cm³/mol. The first kappa shape index (κ1) is 17.1. The van der Waals surface area contributed by atoms with E-state index in [1.165, 1.54) is 14.2 Å². The number of aliphatic carboxylic acids is 2. The normalized spacial score (nSPS) is 22.0. The Morgan fingerprint density at radius 1 is 1.22 bits per heavy atom. The fourth-order valence-corrected chi connectivity index (χ4v) is 2.85. The molecule has 7 nitrogen and oxygen atoms in total. The molecule has 3 atom stereocenters. The van der Waals surface area contributed by atoms with Gasteiger partial charge in [0.1, 0.15) is 17.0 Å². The molecule has 7 heteroatoms. The van der Waals surface area contributed by atoms with Gasteiger partial charge >= 0.3 is 11.9 Å². The van der Waals surface area contributed by atoms with Crippen molar-refractivity contribution in [3.63, 3.8) is 0 Å². The van der Waals surface area contributed by atoms with E-state index in [0.717, 1.165) is 5.56 Å². The number of aryl methyl sites for hydroxylation is 1. The lowest BCUT2D eigenvalue weighted by Gasteiger charge is -2.25. The molecule has 2 rings (SSSR count). The summed E-state index contributed by atoms with van der Waals surface area (Å²) in [7, 11) is 3.06. The van der Waals surface area contributed by atoms with Crippen LogP contribution in [-0.4, -0.2) is 41.9 Å². The minimum Gasteiger partial charge on any atom is -0.497 e. The number of carboxylic acids is 2. The molecule has 1 aliphatic carbocycles. The fraction of sp³-hybridized carbons (Fsp3) is 0.500. The van der Waals surface area contributed by atoms with Gasteiger partial charge in [-0.05, 0) is 37.0 Å². The zero-order valence-corrected chi connectivity index (χ0v) is 13.1. The third-order valence-electron chi connectivity index (χ3n) is 4.41. The smallest absolute Gasteiger partial charge is 0.324 e. The van der Waals surface area contributed by atoms with Crippen LogP contribution in [0.5, 0.6) is 11.5 Å². The summed E-state index contributed by atoms with van der Waals surface area (Å²) in [5.74, 6) is -2.16. The highest BCUT2D eigenvalue weighted by atomic mass is 16.5. The minimum atomic E-state index is -1.54. The zero-order chi connectivity index (χ0) is 17.2. The van der Waals surface area contributed by atoms with E-state index in [4.69, 9.17) is 20.3 Å². The molecule has 126 valence electrons. The second-order valence-corrected chi connectivity index (χ2v) is 5.85. The van der Waals surface area contributed by atoms with Gasteiger partial charge in [-0.1, -0.05) is 0 Å². The van der Waals surface area contributed by atoms with Crippen molar-refractivity contribution in [2.75, 3.05) is 14.2 Å². The molecule has 1 aliphatic rings. The van der Waals surface area contributed by atoms with E-state index >= 15 is 0 Å². The van der Waals surface area contributed by atoms with Gasteiger partial charge in [0.25, 0.3) is 0 Å². The number of carbonyl (C=O) groups is 2. The van der Waals surface area contributed by atoms with Crippen LogP contribution in [0.1, 0.15) is 18.4 Å². The van der Waals surface area contributed by atoms with Crippen molar-refractivity contribution in [3.05, 3.63) is 23.8 Å². The predicted octanol–water partition coefficient (Wildman–Crippen LogP) is 1.14. The Balaban J connectivity index is 2.14. The van der Waals surface area contributed by atoms with Gasteiger partial charge < -0.3 is 25.4 Å². The average Bonchev–Trinajstić information content (AvgIpc) is 3.33. The molecule has 0 saturated heterocycles. The van der Waals surface area contributed by atoms with Crippen molar-refractivity contribution in [3.8, 4) is 11.5 Å². The maximum Gasteiger partial charge on any atom is 0.324 e.